The number of benzene rings is 1. The second-order valence-electron chi connectivity index (χ2n) is 9.66. The highest BCUT2D eigenvalue weighted by Crippen LogP contribution is 2.38. The Morgan fingerprint density at radius 1 is 1.11 bits per heavy atom. The normalized spacial score (nSPS) is 20.5. The van der Waals surface area contributed by atoms with Crippen molar-refractivity contribution in [2.45, 2.75) is 38.6 Å². The van der Waals surface area contributed by atoms with Crippen LogP contribution in [0.3, 0.4) is 0 Å². The fraction of sp³-hybridized carbons (Fsp3) is 0.321. The summed E-state index contributed by atoms with van der Waals surface area (Å²) in [6.07, 6.45) is 7.60. The van der Waals surface area contributed by atoms with E-state index in [2.05, 4.69) is 10.3 Å². The largest absolute Gasteiger partial charge is 0.349 e. The van der Waals surface area contributed by atoms with E-state index in [1.807, 2.05) is 42.9 Å². The maximum Gasteiger partial charge on any atom is 0.247 e. The third kappa shape index (κ3) is 4.90. The number of fused-ring (bicyclic) bond motifs is 4. The minimum atomic E-state index is -0.618. The van der Waals surface area contributed by atoms with Gasteiger partial charge in [-0.25, -0.2) is 4.39 Å². The van der Waals surface area contributed by atoms with Gasteiger partial charge in [-0.3, -0.25) is 14.6 Å². The van der Waals surface area contributed by atoms with Gasteiger partial charge in [0.2, 0.25) is 11.8 Å². The van der Waals surface area contributed by atoms with E-state index in [0.29, 0.717) is 31.4 Å². The molecule has 5 rings (SSSR count). The summed E-state index contributed by atoms with van der Waals surface area (Å²) in [5, 5.41) is 3.26. The lowest BCUT2D eigenvalue weighted by Crippen LogP contribution is -2.38. The molecule has 0 spiro atoms. The van der Waals surface area contributed by atoms with Crippen LogP contribution in [0, 0.1) is 11.7 Å². The van der Waals surface area contributed by atoms with Crippen LogP contribution in [0.2, 0.25) is 10.0 Å². The summed E-state index contributed by atoms with van der Waals surface area (Å²) >= 11 is 12.3. The molecule has 0 saturated heterocycles. The van der Waals surface area contributed by atoms with Gasteiger partial charge in [-0.15, -0.1) is 0 Å². The van der Waals surface area contributed by atoms with Gasteiger partial charge in [0.05, 0.1) is 33.2 Å². The number of hydrogen-bond donors (Lipinski definition) is 1. The molecule has 0 saturated carbocycles. The lowest BCUT2D eigenvalue weighted by atomic mass is 9.93. The molecule has 3 aromatic rings. The van der Waals surface area contributed by atoms with Crippen molar-refractivity contribution in [3.05, 3.63) is 75.9 Å². The Morgan fingerprint density at radius 3 is 2.68 bits per heavy atom. The number of aryl methyl sites for hydroxylation is 1. The number of nitrogens with one attached hydrogen (secondary N) is 1. The maximum absolute atomic E-state index is 14.8. The number of rotatable bonds is 2. The number of halogens is 3. The summed E-state index contributed by atoms with van der Waals surface area (Å²) in [5.41, 5.74) is 4.01. The van der Waals surface area contributed by atoms with Gasteiger partial charge in [0, 0.05) is 49.1 Å². The Bertz CT molecular complexity index is 1420. The molecule has 2 bridgehead atoms. The summed E-state index contributed by atoms with van der Waals surface area (Å²) in [5.74, 6) is -1.06. The zero-order valence-electron chi connectivity index (χ0n) is 20.6. The van der Waals surface area contributed by atoms with Crippen LogP contribution in [-0.4, -0.2) is 32.8 Å². The number of hydrogen-bond acceptors (Lipinski definition) is 3. The molecule has 9 heteroatoms. The van der Waals surface area contributed by atoms with Gasteiger partial charge in [-0.05, 0) is 55.2 Å². The van der Waals surface area contributed by atoms with Gasteiger partial charge < -0.3 is 14.8 Å². The molecule has 2 atom stereocenters. The number of pyridine rings is 1. The number of aromatic nitrogens is 2. The minimum absolute atomic E-state index is 0.0269. The van der Waals surface area contributed by atoms with Crippen LogP contribution >= 0.6 is 23.2 Å². The first-order valence-corrected chi connectivity index (χ1v) is 13.1. The van der Waals surface area contributed by atoms with Crippen LogP contribution in [0.1, 0.15) is 49.9 Å². The lowest BCUT2D eigenvalue weighted by molar-refractivity contribution is -0.129. The van der Waals surface area contributed by atoms with Crippen molar-refractivity contribution >= 4 is 46.3 Å². The van der Waals surface area contributed by atoms with E-state index in [0.717, 1.165) is 29.1 Å². The van der Waals surface area contributed by atoms with Crippen LogP contribution in [0.25, 0.3) is 16.8 Å². The predicted octanol–water partition coefficient (Wildman–Crippen LogP) is 6.65. The number of anilines is 1. The van der Waals surface area contributed by atoms with Crippen molar-refractivity contribution in [1.82, 2.24) is 14.5 Å². The molecule has 0 aliphatic carbocycles. The van der Waals surface area contributed by atoms with E-state index in [9.17, 15) is 14.0 Å². The lowest BCUT2D eigenvalue weighted by Gasteiger charge is -2.34. The Morgan fingerprint density at radius 2 is 1.89 bits per heavy atom. The van der Waals surface area contributed by atoms with E-state index in [-0.39, 0.29) is 39.4 Å². The molecule has 2 aliphatic heterocycles. The van der Waals surface area contributed by atoms with Crippen molar-refractivity contribution < 1.29 is 14.0 Å². The summed E-state index contributed by atoms with van der Waals surface area (Å²) in [6, 6.07) is 8.44. The highest BCUT2D eigenvalue weighted by atomic mass is 35.5. The second kappa shape index (κ2) is 10.3. The van der Waals surface area contributed by atoms with Crippen molar-refractivity contribution in [1.29, 1.82) is 0 Å². The molecule has 6 nitrogen and oxygen atoms in total. The smallest absolute Gasteiger partial charge is 0.247 e. The molecule has 2 aromatic heterocycles. The van der Waals surface area contributed by atoms with Gasteiger partial charge >= 0.3 is 0 Å². The van der Waals surface area contributed by atoms with Crippen molar-refractivity contribution in [2.24, 2.45) is 13.0 Å². The van der Waals surface area contributed by atoms with Crippen molar-refractivity contribution in [2.75, 3.05) is 11.9 Å². The first-order valence-electron chi connectivity index (χ1n) is 12.3. The predicted molar refractivity (Wildman–Crippen MR) is 144 cm³/mol. The first-order chi connectivity index (χ1) is 17.7. The maximum atomic E-state index is 14.8. The van der Waals surface area contributed by atoms with Gasteiger partial charge in [0.1, 0.15) is 0 Å². The van der Waals surface area contributed by atoms with E-state index in [1.165, 1.54) is 18.2 Å². The van der Waals surface area contributed by atoms with Crippen LogP contribution in [-0.2, 0) is 16.6 Å². The second-order valence-corrected chi connectivity index (χ2v) is 10.5. The van der Waals surface area contributed by atoms with Crippen LogP contribution in [0.15, 0.2) is 48.8 Å². The van der Waals surface area contributed by atoms with Crippen LogP contribution in [0.5, 0.6) is 0 Å². The summed E-state index contributed by atoms with van der Waals surface area (Å²) < 4.78 is 16.8. The van der Waals surface area contributed by atoms with E-state index in [1.54, 1.807) is 11.1 Å². The number of carbonyl (C=O) groups is 2. The first kappa shape index (κ1) is 25.5. The fourth-order valence-electron chi connectivity index (χ4n) is 5.22. The molecule has 0 radical (unpaired) electrons. The van der Waals surface area contributed by atoms with Gasteiger partial charge in [0.25, 0.3) is 0 Å². The van der Waals surface area contributed by atoms with Crippen molar-refractivity contribution in [3.63, 3.8) is 0 Å². The zero-order chi connectivity index (χ0) is 26.3. The van der Waals surface area contributed by atoms with Gasteiger partial charge in [0.15, 0.2) is 5.82 Å². The Balaban J connectivity index is 1.53. The molecule has 4 heterocycles. The van der Waals surface area contributed by atoms with Crippen LogP contribution < -0.4 is 5.32 Å². The molecule has 0 fully saturated rings. The molecular weight excluding hydrogens is 514 g/mol. The molecule has 192 valence electrons. The quantitative estimate of drug-likeness (QED) is 0.370. The third-order valence-electron chi connectivity index (χ3n) is 7.23. The molecule has 1 aromatic carbocycles. The van der Waals surface area contributed by atoms with Crippen LogP contribution in [0.4, 0.5) is 10.1 Å². The molecule has 2 aliphatic rings. The Hall–Kier alpha value is -3.16. The molecule has 1 N–H and O–H groups in total. The standard InChI is InChI=1S/C28H27Cl2FN4O2/c1-16-4-3-5-23(22-14-18(8-11-32-22)27-21(33-28(16)37)10-12-34(27)2)35-13-9-17(15-24(35)36)25-19(29)6-7-20(30)26(25)31/h6-8,10-12,14-16,23H,3-5,9,13H2,1-2H3,(H,33,37)/t16-,23+/m1/s1. The topological polar surface area (TPSA) is 67.2 Å². The summed E-state index contributed by atoms with van der Waals surface area (Å²) in [4.78, 5) is 32.7. The average molecular weight is 541 g/mol. The van der Waals surface area contributed by atoms with E-state index >= 15 is 0 Å². The molecular formula is C28H27Cl2FN4O2. The highest BCUT2D eigenvalue weighted by molar-refractivity contribution is 6.34. The average Bonchev–Trinajstić information content (AvgIpc) is 3.24. The number of amides is 2. The number of carbonyl (C=O) groups excluding carboxylic acids is 2. The Kier molecular flexibility index (Phi) is 7.10. The molecule has 2 amide bonds. The van der Waals surface area contributed by atoms with Gasteiger partial charge in [-0.1, -0.05) is 36.5 Å². The Labute approximate surface area is 225 Å². The fourth-order valence-corrected chi connectivity index (χ4v) is 5.64. The minimum Gasteiger partial charge on any atom is -0.349 e. The summed E-state index contributed by atoms with van der Waals surface area (Å²) in [7, 11) is 1.93. The molecule has 37 heavy (non-hydrogen) atoms. The third-order valence-corrected chi connectivity index (χ3v) is 7.84. The zero-order valence-corrected chi connectivity index (χ0v) is 22.1. The van der Waals surface area contributed by atoms with E-state index < -0.39 is 5.82 Å². The highest BCUT2D eigenvalue weighted by Gasteiger charge is 2.31. The summed E-state index contributed by atoms with van der Waals surface area (Å²) in [6.45, 7) is 2.30. The monoisotopic (exact) mass is 540 g/mol. The van der Waals surface area contributed by atoms with Gasteiger partial charge in [-0.2, -0.15) is 0 Å². The molecule has 0 unspecified atom stereocenters. The van der Waals surface area contributed by atoms with Crippen molar-refractivity contribution in [3.8, 4) is 11.3 Å². The number of nitrogens with zero attached hydrogens (tertiary/aromatic N) is 3. The van der Waals surface area contributed by atoms with E-state index in [4.69, 9.17) is 23.2 Å². The SMILES string of the molecule is C[C@@H]1CCC[C@H](N2CCC(c3c(Cl)ccc(Cl)c3F)=CC2=O)c2cc(ccn2)-c2c(ccn2C)NC1=O.